The van der Waals surface area contributed by atoms with Crippen molar-refractivity contribution in [3.8, 4) is 5.69 Å². The van der Waals surface area contributed by atoms with E-state index in [9.17, 15) is 5.11 Å². The number of aromatic nitrogens is 2. The summed E-state index contributed by atoms with van der Waals surface area (Å²) in [4.78, 5) is 0. The van der Waals surface area contributed by atoms with Gasteiger partial charge in [0.25, 0.3) is 0 Å². The standard InChI is InChI=1S/C14H11ClN2O2/c15-14-11(7-9-19-14)13(18)12-6-8-16-17(12)10-4-2-1-3-5-10/h1-9,13,18H. The van der Waals surface area contributed by atoms with E-state index >= 15 is 0 Å². The molecule has 2 heterocycles. The number of aliphatic hydroxyl groups excluding tert-OH is 1. The van der Waals surface area contributed by atoms with Crippen LogP contribution in [-0.2, 0) is 0 Å². The second-order valence-electron chi connectivity index (χ2n) is 4.06. The van der Waals surface area contributed by atoms with Crippen LogP contribution >= 0.6 is 11.6 Å². The van der Waals surface area contributed by atoms with Crippen molar-refractivity contribution in [3.05, 3.63) is 71.4 Å². The molecule has 1 atom stereocenters. The Kier molecular flexibility index (Phi) is 3.11. The Labute approximate surface area is 114 Å². The molecule has 0 saturated heterocycles. The van der Waals surface area contributed by atoms with Crippen LogP contribution in [-0.4, -0.2) is 14.9 Å². The van der Waals surface area contributed by atoms with E-state index in [0.29, 0.717) is 11.3 Å². The van der Waals surface area contributed by atoms with Gasteiger partial charge < -0.3 is 9.52 Å². The van der Waals surface area contributed by atoms with Crippen molar-refractivity contribution < 1.29 is 9.52 Å². The van der Waals surface area contributed by atoms with Gasteiger partial charge in [0.15, 0.2) is 5.22 Å². The van der Waals surface area contributed by atoms with E-state index in [4.69, 9.17) is 16.0 Å². The lowest BCUT2D eigenvalue weighted by Crippen LogP contribution is -2.08. The number of aliphatic hydroxyl groups is 1. The van der Waals surface area contributed by atoms with E-state index in [0.717, 1.165) is 5.69 Å². The van der Waals surface area contributed by atoms with Crippen molar-refractivity contribution in [1.82, 2.24) is 9.78 Å². The fourth-order valence-corrected chi connectivity index (χ4v) is 2.18. The maximum Gasteiger partial charge on any atom is 0.199 e. The molecule has 3 rings (SSSR count). The Balaban J connectivity index is 2.04. The highest BCUT2D eigenvalue weighted by Crippen LogP contribution is 2.29. The number of halogens is 1. The highest BCUT2D eigenvalue weighted by Gasteiger charge is 2.20. The third-order valence-electron chi connectivity index (χ3n) is 2.89. The molecule has 2 aromatic heterocycles. The van der Waals surface area contributed by atoms with E-state index in [2.05, 4.69) is 5.10 Å². The van der Waals surface area contributed by atoms with Crippen LogP contribution in [0.5, 0.6) is 0 Å². The second-order valence-corrected chi connectivity index (χ2v) is 4.40. The summed E-state index contributed by atoms with van der Waals surface area (Å²) in [6, 6.07) is 13.0. The largest absolute Gasteiger partial charge is 0.453 e. The quantitative estimate of drug-likeness (QED) is 0.798. The van der Waals surface area contributed by atoms with Crippen molar-refractivity contribution in [2.24, 2.45) is 0 Å². The van der Waals surface area contributed by atoms with Crippen LogP contribution in [0.3, 0.4) is 0 Å². The first-order valence-electron chi connectivity index (χ1n) is 5.77. The number of nitrogens with zero attached hydrogens (tertiary/aromatic N) is 2. The van der Waals surface area contributed by atoms with Crippen LogP contribution in [0, 0.1) is 0 Å². The van der Waals surface area contributed by atoms with Gasteiger partial charge in [0.1, 0.15) is 6.10 Å². The highest BCUT2D eigenvalue weighted by molar-refractivity contribution is 6.29. The first-order valence-corrected chi connectivity index (χ1v) is 6.15. The fourth-order valence-electron chi connectivity index (χ4n) is 1.96. The van der Waals surface area contributed by atoms with Gasteiger partial charge in [-0.25, -0.2) is 4.68 Å². The maximum atomic E-state index is 10.4. The summed E-state index contributed by atoms with van der Waals surface area (Å²) in [5, 5.41) is 14.8. The molecular weight excluding hydrogens is 264 g/mol. The van der Waals surface area contributed by atoms with Gasteiger partial charge in [-0.15, -0.1) is 0 Å². The number of rotatable bonds is 3. The Morgan fingerprint density at radius 3 is 2.63 bits per heavy atom. The number of hydrogen-bond donors (Lipinski definition) is 1. The number of benzene rings is 1. The highest BCUT2D eigenvalue weighted by atomic mass is 35.5. The van der Waals surface area contributed by atoms with E-state index < -0.39 is 6.10 Å². The Hall–Kier alpha value is -2.04. The molecule has 96 valence electrons. The Morgan fingerprint density at radius 1 is 1.16 bits per heavy atom. The summed E-state index contributed by atoms with van der Waals surface area (Å²) in [6.07, 6.45) is 2.21. The van der Waals surface area contributed by atoms with Crippen molar-refractivity contribution in [3.63, 3.8) is 0 Å². The summed E-state index contributed by atoms with van der Waals surface area (Å²) >= 11 is 5.89. The zero-order valence-corrected chi connectivity index (χ0v) is 10.7. The molecule has 5 heteroatoms. The molecule has 0 aliphatic heterocycles. The van der Waals surface area contributed by atoms with E-state index in [1.54, 1.807) is 23.0 Å². The Morgan fingerprint density at radius 2 is 1.95 bits per heavy atom. The Bertz CT molecular complexity index is 676. The van der Waals surface area contributed by atoms with Gasteiger partial charge >= 0.3 is 0 Å². The molecule has 4 nitrogen and oxygen atoms in total. The number of furan rings is 1. The smallest absolute Gasteiger partial charge is 0.199 e. The minimum Gasteiger partial charge on any atom is -0.453 e. The van der Waals surface area contributed by atoms with Crippen molar-refractivity contribution in [1.29, 1.82) is 0 Å². The predicted octanol–water partition coefficient (Wildman–Crippen LogP) is 3.20. The van der Waals surface area contributed by atoms with Gasteiger partial charge in [0, 0.05) is 11.8 Å². The van der Waals surface area contributed by atoms with Crippen molar-refractivity contribution >= 4 is 11.6 Å². The molecule has 0 saturated carbocycles. The molecular formula is C14H11ClN2O2. The monoisotopic (exact) mass is 274 g/mol. The molecule has 0 radical (unpaired) electrons. The van der Waals surface area contributed by atoms with Crippen LogP contribution in [0.25, 0.3) is 5.69 Å². The molecule has 1 unspecified atom stereocenters. The average molecular weight is 275 g/mol. The normalized spacial score (nSPS) is 12.5. The molecule has 0 amide bonds. The van der Waals surface area contributed by atoms with Crippen molar-refractivity contribution in [2.45, 2.75) is 6.10 Å². The van der Waals surface area contributed by atoms with Gasteiger partial charge in [-0.05, 0) is 35.9 Å². The van der Waals surface area contributed by atoms with Crippen LogP contribution < -0.4 is 0 Å². The van der Waals surface area contributed by atoms with Gasteiger partial charge in [-0.1, -0.05) is 18.2 Å². The molecule has 1 aromatic carbocycles. The molecule has 19 heavy (non-hydrogen) atoms. The van der Waals surface area contributed by atoms with Gasteiger partial charge in [0.2, 0.25) is 0 Å². The van der Waals surface area contributed by atoms with E-state index in [-0.39, 0.29) is 5.22 Å². The van der Waals surface area contributed by atoms with Gasteiger partial charge in [0.05, 0.1) is 17.6 Å². The molecule has 0 bridgehead atoms. The summed E-state index contributed by atoms with van der Waals surface area (Å²) in [5.41, 5.74) is 2.04. The van der Waals surface area contributed by atoms with Crippen LogP contribution in [0.15, 0.2) is 59.3 Å². The van der Waals surface area contributed by atoms with Crippen molar-refractivity contribution in [2.75, 3.05) is 0 Å². The van der Waals surface area contributed by atoms with Gasteiger partial charge in [-0.2, -0.15) is 5.10 Å². The molecule has 0 spiro atoms. The topological polar surface area (TPSA) is 51.2 Å². The van der Waals surface area contributed by atoms with Gasteiger partial charge in [-0.3, -0.25) is 0 Å². The lowest BCUT2D eigenvalue weighted by atomic mass is 10.1. The maximum absolute atomic E-state index is 10.4. The fraction of sp³-hybridized carbons (Fsp3) is 0.0714. The molecule has 3 aromatic rings. The SMILES string of the molecule is OC(c1ccoc1Cl)c1ccnn1-c1ccccc1. The zero-order chi connectivity index (χ0) is 13.2. The molecule has 0 aliphatic carbocycles. The predicted molar refractivity (Wildman–Crippen MR) is 71.3 cm³/mol. The van der Waals surface area contributed by atoms with Crippen LogP contribution in [0.4, 0.5) is 0 Å². The van der Waals surface area contributed by atoms with Crippen LogP contribution in [0.1, 0.15) is 17.4 Å². The number of para-hydroxylation sites is 1. The summed E-state index contributed by atoms with van der Waals surface area (Å²) < 4.78 is 6.68. The molecule has 0 aliphatic rings. The second kappa shape index (κ2) is 4.91. The molecule has 0 fully saturated rings. The number of hydrogen-bond acceptors (Lipinski definition) is 3. The minimum atomic E-state index is -0.881. The van der Waals surface area contributed by atoms with E-state index in [1.165, 1.54) is 6.26 Å². The third kappa shape index (κ3) is 2.16. The first-order chi connectivity index (χ1) is 9.27. The summed E-state index contributed by atoms with van der Waals surface area (Å²) in [7, 11) is 0. The first kappa shape index (κ1) is 12.0. The van der Waals surface area contributed by atoms with Crippen LogP contribution in [0.2, 0.25) is 5.22 Å². The molecule has 1 N–H and O–H groups in total. The third-order valence-corrected chi connectivity index (χ3v) is 3.20. The lowest BCUT2D eigenvalue weighted by Gasteiger charge is -2.12. The average Bonchev–Trinajstić information content (AvgIpc) is 3.07. The minimum absolute atomic E-state index is 0.188. The van der Waals surface area contributed by atoms with E-state index in [1.807, 2.05) is 30.3 Å². The zero-order valence-electron chi connectivity index (χ0n) is 9.90. The lowest BCUT2D eigenvalue weighted by molar-refractivity contribution is 0.211. The summed E-state index contributed by atoms with van der Waals surface area (Å²) in [6.45, 7) is 0. The summed E-state index contributed by atoms with van der Waals surface area (Å²) in [5.74, 6) is 0.